The number of ether oxygens (including phenoxy) is 1. The summed E-state index contributed by atoms with van der Waals surface area (Å²) in [6.45, 7) is 14.2. The third kappa shape index (κ3) is 7.43. The second kappa shape index (κ2) is 13.9. The lowest BCUT2D eigenvalue weighted by Crippen LogP contribution is -2.38. The van der Waals surface area contributed by atoms with E-state index >= 15 is 0 Å². The molecule has 8 nitrogen and oxygen atoms in total. The van der Waals surface area contributed by atoms with Crippen molar-refractivity contribution in [2.45, 2.75) is 112 Å². The summed E-state index contributed by atoms with van der Waals surface area (Å²) in [5.41, 5.74) is -0.913. The molecule has 8 heteroatoms. The van der Waals surface area contributed by atoms with Crippen molar-refractivity contribution in [1.29, 1.82) is 0 Å². The van der Waals surface area contributed by atoms with E-state index < -0.39 is 57.6 Å². The minimum Gasteiger partial charge on any atom is -0.511 e. The lowest BCUT2D eigenvalue weighted by Gasteiger charge is -2.34. The maximum absolute atomic E-state index is 13.6. The Kier molecular flexibility index (Phi) is 11.0. The minimum atomic E-state index is -1.59. The highest BCUT2D eigenvalue weighted by atomic mass is 16.5. The van der Waals surface area contributed by atoms with Gasteiger partial charge in [-0.1, -0.05) is 43.1 Å². The van der Waals surface area contributed by atoms with E-state index in [2.05, 4.69) is 6.08 Å². The Hall–Kier alpha value is -4.07. The van der Waals surface area contributed by atoms with E-state index in [1.165, 1.54) is 12.5 Å². The van der Waals surface area contributed by atoms with E-state index in [0.29, 0.717) is 6.42 Å². The number of phenols is 2. The summed E-state index contributed by atoms with van der Waals surface area (Å²) < 4.78 is 6.07. The highest BCUT2D eigenvalue weighted by molar-refractivity contribution is 6.23. The van der Waals surface area contributed by atoms with Gasteiger partial charge in [0.05, 0.1) is 11.0 Å². The van der Waals surface area contributed by atoms with Gasteiger partial charge in [-0.05, 0) is 86.3 Å². The van der Waals surface area contributed by atoms with Crippen molar-refractivity contribution in [1.82, 2.24) is 0 Å². The number of aliphatic hydroxyl groups excluding tert-OH is 2. The summed E-state index contributed by atoms with van der Waals surface area (Å²) in [6.07, 6.45) is 10.9. The van der Waals surface area contributed by atoms with Crippen molar-refractivity contribution in [2.24, 2.45) is 5.41 Å². The fourth-order valence-electron chi connectivity index (χ4n) is 5.72. The molecule has 1 unspecified atom stereocenters. The Morgan fingerprint density at radius 1 is 0.933 bits per heavy atom. The van der Waals surface area contributed by atoms with Gasteiger partial charge in [0.25, 0.3) is 0 Å². The summed E-state index contributed by atoms with van der Waals surface area (Å²) in [5, 5.41) is 45.8. The zero-order valence-electron chi connectivity index (χ0n) is 27.9. The van der Waals surface area contributed by atoms with Crippen LogP contribution in [0.5, 0.6) is 17.2 Å². The Morgan fingerprint density at radius 2 is 1.60 bits per heavy atom. The standard InChI is InChI=1S/C37H48O8/c1-9-10-11-15-27(39)29-31(41)25(30(40)24-17-18-36(6,7)45-33(24)29)20-26-32(42)28(23(5)38)35(44)37(8,34(26)43)19-16-22(4)14-12-13-21(2)3/h13,16-18,40-43H,9-12,14-15,19-20H2,1-8H3/b22-16-. The van der Waals surface area contributed by atoms with E-state index in [4.69, 9.17) is 4.74 Å². The molecule has 2 aliphatic rings. The SMILES string of the molecule is CCCCCC(=O)c1c(O)c(CC2=C(O)C(C)(C/C=C(/C)CCC=C(C)C)C(=O)C(C(C)=O)=C2O)c(O)c2c1OC(C)(C)C=C2. The van der Waals surface area contributed by atoms with Gasteiger partial charge in [-0.25, -0.2) is 0 Å². The summed E-state index contributed by atoms with van der Waals surface area (Å²) in [4.78, 5) is 39.8. The van der Waals surface area contributed by atoms with Crippen molar-refractivity contribution in [3.8, 4) is 17.2 Å². The number of allylic oxidation sites excluding steroid dienone is 7. The summed E-state index contributed by atoms with van der Waals surface area (Å²) in [6, 6.07) is 0. The number of ketones is 3. The first kappa shape index (κ1) is 35.4. The highest BCUT2D eigenvalue weighted by Gasteiger charge is 2.47. The quantitative estimate of drug-likeness (QED) is 0.0745. The fraction of sp³-hybridized carbons (Fsp3) is 0.486. The molecule has 0 amide bonds. The van der Waals surface area contributed by atoms with Gasteiger partial charge in [-0.2, -0.15) is 0 Å². The molecule has 0 saturated heterocycles. The molecule has 0 fully saturated rings. The zero-order chi connectivity index (χ0) is 33.9. The molecule has 1 aromatic rings. The van der Waals surface area contributed by atoms with Crippen LogP contribution in [-0.2, 0) is 16.0 Å². The first-order valence-electron chi connectivity index (χ1n) is 15.7. The number of hydrogen-bond donors (Lipinski definition) is 4. The molecular formula is C37H48O8. The van der Waals surface area contributed by atoms with Crippen LogP contribution in [-0.4, -0.2) is 43.4 Å². The van der Waals surface area contributed by atoms with E-state index in [0.717, 1.165) is 38.2 Å². The monoisotopic (exact) mass is 620 g/mol. The summed E-state index contributed by atoms with van der Waals surface area (Å²) in [7, 11) is 0. The Balaban J connectivity index is 2.20. The molecule has 1 aliphatic heterocycles. The van der Waals surface area contributed by atoms with Crippen LogP contribution in [0, 0.1) is 5.41 Å². The van der Waals surface area contributed by atoms with Crippen molar-refractivity contribution in [3.05, 3.63) is 68.7 Å². The number of hydrogen-bond acceptors (Lipinski definition) is 8. The molecule has 0 saturated carbocycles. The Bertz CT molecular complexity index is 1540. The second-order valence-corrected chi connectivity index (χ2v) is 13.2. The van der Waals surface area contributed by atoms with Gasteiger partial charge >= 0.3 is 0 Å². The number of aromatic hydroxyl groups is 2. The predicted molar refractivity (Wildman–Crippen MR) is 176 cm³/mol. The number of rotatable bonds is 13. The van der Waals surface area contributed by atoms with Gasteiger partial charge in [-0.3, -0.25) is 14.4 Å². The number of phenolic OH excluding ortho intramolecular Hbond substituents is 2. The van der Waals surface area contributed by atoms with Crippen LogP contribution in [0.25, 0.3) is 6.08 Å². The van der Waals surface area contributed by atoms with Gasteiger partial charge in [0.15, 0.2) is 17.3 Å². The number of benzene rings is 1. The zero-order valence-corrected chi connectivity index (χ0v) is 27.9. The molecule has 0 spiro atoms. The van der Waals surface area contributed by atoms with Crippen LogP contribution in [0.2, 0.25) is 0 Å². The molecule has 244 valence electrons. The molecule has 45 heavy (non-hydrogen) atoms. The van der Waals surface area contributed by atoms with Crippen LogP contribution in [0.15, 0.2) is 52.0 Å². The molecule has 1 aliphatic carbocycles. The van der Waals surface area contributed by atoms with Gasteiger partial charge in [0.1, 0.15) is 45.5 Å². The number of Topliss-reactive ketones (excluding diaryl/α,β-unsaturated/α-hetero) is 3. The third-order valence-corrected chi connectivity index (χ3v) is 8.55. The van der Waals surface area contributed by atoms with Crippen molar-refractivity contribution in [2.75, 3.05) is 0 Å². The number of aliphatic hydroxyl groups is 2. The normalized spacial score (nSPS) is 19.4. The predicted octanol–water partition coefficient (Wildman–Crippen LogP) is 8.47. The van der Waals surface area contributed by atoms with Crippen LogP contribution in [0.3, 0.4) is 0 Å². The summed E-state index contributed by atoms with van der Waals surface area (Å²) >= 11 is 0. The third-order valence-electron chi connectivity index (χ3n) is 8.55. The molecule has 0 bridgehead atoms. The molecule has 1 atom stereocenters. The van der Waals surface area contributed by atoms with Crippen molar-refractivity contribution >= 4 is 23.4 Å². The van der Waals surface area contributed by atoms with Crippen LogP contribution in [0.1, 0.15) is 122 Å². The number of carbonyl (C=O) groups is 3. The van der Waals surface area contributed by atoms with Crippen LogP contribution < -0.4 is 4.74 Å². The number of fused-ring (bicyclic) bond motifs is 1. The largest absolute Gasteiger partial charge is 0.511 e. The minimum absolute atomic E-state index is 0.0564. The first-order valence-corrected chi connectivity index (χ1v) is 15.7. The maximum atomic E-state index is 13.6. The highest BCUT2D eigenvalue weighted by Crippen LogP contribution is 2.50. The first-order chi connectivity index (χ1) is 21.0. The van der Waals surface area contributed by atoms with Gasteiger partial charge in [0.2, 0.25) is 0 Å². The van der Waals surface area contributed by atoms with Crippen LogP contribution in [0.4, 0.5) is 0 Å². The summed E-state index contributed by atoms with van der Waals surface area (Å²) in [5.74, 6) is -3.83. The lowest BCUT2D eigenvalue weighted by molar-refractivity contribution is -0.127. The molecule has 1 aromatic carbocycles. The van der Waals surface area contributed by atoms with Gasteiger partial charge in [-0.15, -0.1) is 0 Å². The number of unbranched alkanes of at least 4 members (excludes halogenated alkanes) is 2. The van der Waals surface area contributed by atoms with Crippen molar-refractivity contribution in [3.63, 3.8) is 0 Å². The smallest absolute Gasteiger partial charge is 0.183 e. The van der Waals surface area contributed by atoms with Crippen LogP contribution >= 0.6 is 0 Å². The van der Waals surface area contributed by atoms with E-state index in [1.807, 2.05) is 33.8 Å². The Morgan fingerprint density at radius 3 is 2.20 bits per heavy atom. The van der Waals surface area contributed by atoms with E-state index in [-0.39, 0.29) is 46.6 Å². The average molecular weight is 621 g/mol. The molecule has 1 heterocycles. The molecule has 0 aromatic heterocycles. The van der Waals surface area contributed by atoms with Gasteiger partial charge in [0, 0.05) is 24.0 Å². The molecule has 4 N–H and O–H groups in total. The Labute approximate surface area is 266 Å². The molecule has 0 radical (unpaired) electrons. The average Bonchev–Trinajstić information content (AvgIpc) is 2.94. The maximum Gasteiger partial charge on any atom is 0.183 e. The van der Waals surface area contributed by atoms with E-state index in [9.17, 15) is 34.8 Å². The van der Waals surface area contributed by atoms with Gasteiger partial charge < -0.3 is 25.2 Å². The second-order valence-electron chi connectivity index (χ2n) is 13.2. The molecule has 3 rings (SSSR count). The van der Waals surface area contributed by atoms with E-state index in [1.54, 1.807) is 26.0 Å². The topological polar surface area (TPSA) is 141 Å². The van der Waals surface area contributed by atoms with Crippen molar-refractivity contribution < 1.29 is 39.5 Å². The fourth-order valence-corrected chi connectivity index (χ4v) is 5.72. The number of carbonyl (C=O) groups excluding carboxylic acids is 3. The lowest BCUT2D eigenvalue weighted by atomic mass is 9.70. The molecular weight excluding hydrogens is 572 g/mol.